The Morgan fingerprint density at radius 3 is 2.42 bits per heavy atom. The summed E-state index contributed by atoms with van der Waals surface area (Å²) in [6.45, 7) is 4.71. The van der Waals surface area contributed by atoms with Crippen LogP contribution in [0.15, 0.2) is 18.5 Å². The number of hydrogen-bond acceptors (Lipinski definition) is 4. The van der Waals surface area contributed by atoms with E-state index in [1.807, 2.05) is 26.0 Å². The van der Waals surface area contributed by atoms with Gasteiger partial charge in [-0.05, 0) is 25.5 Å². The zero-order valence-corrected chi connectivity index (χ0v) is 11.7. The maximum Gasteiger partial charge on any atom is 0.162 e. The van der Waals surface area contributed by atoms with Gasteiger partial charge in [-0.3, -0.25) is 0 Å². The van der Waals surface area contributed by atoms with E-state index < -0.39 is 0 Å². The predicted molar refractivity (Wildman–Crippen MR) is 74.9 cm³/mol. The van der Waals surface area contributed by atoms with Crippen LogP contribution in [-0.4, -0.2) is 24.2 Å². The average molecular weight is 261 g/mol. The molecule has 2 N–H and O–H groups in total. The molecule has 0 aliphatic rings. The first-order valence-electron chi connectivity index (χ1n) is 6.11. The van der Waals surface area contributed by atoms with Crippen molar-refractivity contribution < 1.29 is 9.47 Å². The minimum Gasteiger partial charge on any atom is -0.493 e. The number of nitrogens with zero attached hydrogens (tertiary/aromatic N) is 1. The standard InChI is InChI=1S/C14H19N3O2/c1-9-5-13(18-3)14(19-4)6-11(9)15-7-12-10(2)16-8-17-12/h5-6,8,15H,7H2,1-4H3,(H,16,17). The van der Waals surface area contributed by atoms with Crippen LogP contribution in [0.1, 0.15) is 17.0 Å². The lowest BCUT2D eigenvalue weighted by molar-refractivity contribution is 0.355. The number of methoxy groups -OCH3 is 2. The third-order valence-corrected chi connectivity index (χ3v) is 3.11. The largest absolute Gasteiger partial charge is 0.493 e. The van der Waals surface area contributed by atoms with Crippen molar-refractivity contribution in [2.75, 3.05) is 19.5 Å². The summed E-state index contributed by atoms with van der Waals surface area (Å²) >= 11 is 0. The lowest BCUT2D eigenvalue weighted by atomic mass is 10.1. The maximum absolute atomic E-state index is 5.31. The Balaban J connectivity index is 2.18. The van der Waals surface area contributed by atoms with Crippen molar-refractivity contribution in [3.63, 3.8) is 0 Å². The second-order valence-corrected chi connectivity index (χ2v) is 4.35. The van der Waals surface area contributed by atoms with Gasteiger partial charge in [-0.25, -0.2) is 4.98 Å². The smallest absolute Gasteiger partial charge is 0.162 e. The minimum absolute atomic E-state index is 0.672. The molecule has 0 spiro atoms. The van der Waals surface area contributed by atoms with Gasteiger partial charge in [0.2, 0.25) is 0 Å². The molecule has 0 saturated heterocycles. The molecule has 1 heterocycles. The minimum atomic E-state index is 0.672. The van der Waals surface area contributed by atoms with Crippen LogP contribution in [0.3, 0.4) is 0 Å². The Hall–Kier alpha value is -2.17. The van der Waals surface area contributed by atoms with Gasteiger partial charge in [-0.1, -0.05) is 0 Å². The Morgan fingerprint density at radius 2 is 1.84 bits per heavy atom. The van der Waals surface area contributed by atoms with Gasteiger partial charge in [0.05, 0.1) is 32.8 Å². The van der Waals surface area contributed by atoms with Crippen LogP contribution in [0, 0.1) is 13.8 Å². The molecule has 19 heavy (non-hydrogen) atoms. The summed E-state index contributed by atoms with van der Waals surface area (Å²) in [5, 5.41) is 3.36. The zero-order chi connectivity index (χ0) is 13.8. The van der Waals surface area contributed by atoms with Crippen LogP contribution in [0.2, 0.25) is 0 Å². The van der Waals surface area contributed by atoms with E-state index in [0.717, 1.165) is 28.4 Å². The molecule has 0 radical (unpaired) electrons. The molecule has 1 aromatic carbocycles. The number of nitrogens with one attached hydrogen (secondary N) is 2. The molecular formula is C14H19N3O2. The molecular weight excluding hydrogens is 242 g/mol. The number of hydrogen-bond donors (Lipinski definition) is 2. The molecule has 0 fully saturated rings. The topological polar surface area (TPSA) is 59.2 Å². The van der Waals surface area contributed by atoms with Gasteiger partial charge in [-0.15, -0.1) is 0 Å². The molecule has 0 aliphatic carbocycles. The summed E-state index contributed by atoms with van der Waals surface area (Å²) in [5.41, 5.74) is 4.20. The van der Waals surface area contributed by atoms with Crippen molar-refractivity contribution in [3.05, 3.63) is 35.4 Å². The van der Waals surface area contributed by atoms with Gasteiger partial charge >= 0.3 is 0 Å². The van der Waals surface area contributed by atoms with Crippen molar-refractivity contribution in [1.29, 1.82) is 0 Å². The molecule has 0 unspecified atom stereocenters. The summed E-state index contributed by atoms with van der Waals surface area (Å²) in [5.74, 6) is 1.45. The molecule has 0 bridgehead atoms. The number of aromatic amines is 1. The fourth-order valence-electron chi connectivity index (χ4n) is 1.92. The first kappa shape index (κ1) is 13.3. The van der Waals surface area contributed by atoms with Crippen molar-refractivity contribution >= 4 is 5.69 Å². The van der Waals surface area contributed by atoms with E-state index in [0.29, 0.717) is 12.3 Å². The molecule has 102 valence electrons. The lowest BCUT2D eigenvalue weighted by Gasteiger charge is -2.14. The van der Waals surface area contributed by atoms with Gasteiger partial charge in [0.15, 0.2) is 11.5 Å². The Bertz CT molecular complexity index is 564. The van der Waals surface area contributed by atoms with Gasteiger partial charge in [0.25, 0.3) is 0 Å². The normalized spacial score (nSPS) is 10.3. The summed E-state index contributed by atoms with van der Waals surface area (Å²) in [6.07, 6.45) is 1.70. The molecule has 2 rings (SSSR count). The van der Waals surface area contributed by atoms with Gasteiger partial charge in [0, 0.05) is 17.4 Å². The SMILES string of the molecule is COc1cc(C)c(NCc2nc[nH]c2C)cc1OC. The van der Waals surface area contributed by atoms with E-state index in [-0.39, 0.29) is 0 Å². The van der Waals surface area contributed by atoms with Crippen molar-refractivity contribution in [2.24, 2.45) is 0 Å². The van der Waals surface area contributed by atoms with Gasteiger partial charge < -0.3 is 19.8 Å². The number of benzene rings is 1. The first-order valence-corrected chi connectivity index (χ1v) is 6.11. The summed E-state index contributed by atoms with van der Waals surface area (Å²) in [4.78, 5) is 7.33. The average Bonchev–Trinajstić information content (AvgIpc) is 2.82. The highest BCUT2D eigenvalue weighted by Crippen LogP contribution is 2.33. The van der Waals surface area contributed by atoms with E-state index >= 15 is 0 Å². The van der Waals surface area contributed by atoms with Crippen LogP contribution in [0.4, 0.5) is 5.69 Å². The number of anilines is 1. The van der Waals surface area contributed by atoms with Crippen molar-refractivity contribution in [1.82, 2.24) is 9.97 Å². The number of aryl methyl sites for hydroxylation is 2. The van der Waals surface area contributed by atoms with E-state index in [1.165, 1.54) is 0 Å². The Labute approximate surface area is 113 Å². The van der Waals surface area contributed by atoms with Gasteiger partial charge in [-0.2, -0.15) is 0 Å². The van der Waals surface area contributed by atoms with E-state index in [9.17, 15) is 0 Å². The summed E-state index contributed by atoms with van der Waals surface area (Å²) in [6, 6.07) is 3.90. The number of imidazole rings is 1. The highest BCUT2D eigenvalue weighted by molar-refractivity contribution is 5.60. The summed E-state index contributed by atoms with van der Waals surface area (Å²) < 4.78 is 10.6. The van der Waals surface area contributed by atoms with Crippen LogP contribution >= 0.6 is 0 Å². The fraction of sp³-hybridized carbons (Fsp3) is 0.357. The van der Waals surface area contributed by atoms with Crippen molar-refractivity contribution in [2.45, 2.75) is 20.4 Å². The van der Waals surface area contributed by atoms with Crippen molar-refractivity contribution in [3.8, 4) is 11.5 Å². The molecule has 1 aromatic heterocycles. The predicted octanol–water partition coefficient (Wildman–Crippen LogP) is 2.66. The third kappa shape index (κ3) is 2.81. The Kier molecular flexibility index (Phi) is 3.94. The third-order valence-electron chi connectivity index (χ3n) is 3.11. The molecule has 0 aliphatic heterocycles. The highest BCUT2D eigenvalue weighted by atomic mass is 16.5. The maximum atomic E-state index is 5.31. The lowest BCUT2D eigenvalue weighted by Crippen LogP contribution is -2.03. The first-order chi connectivity index (χ1) is 9.15. The van der Waals surface area contributed by atoms with Crippen LogP contribution in [0.25, 0.3) is 0 Å². The molecule has 2 aromatic rings. The Morgan fingerprint density at radius 1 is 1.16 bits per heavy atom. The molecule has 0 atom stereocenters. The second kappa shape index (κ2) is 5.65. The van der Waals surface area contributed by atoms with Crippen LogP contribution in [-0.2, 0) is 6.54 Å². The molecule has 5 heteroatoms. The molecule has 5 nitrogen and oxygen atoms in total. The van der Waals surface area contributed by atoms with E-state index in [2.05, 4.69) is 15.3 Å². The monoisotopic (exact) mass is 261 g/mol. The van der Waals surface area contributed by atoms with E-state index in [4.69, 9.17) is 9.47 Å². The summed E-state index contributed by atoms with van der Waals surface area (Å²) in [7, 11) is 3.27. The van der Waals surface area contributed by atoms with Crippen LogP contribution < -0.4 is 14.8 Å². The van der Waals surface area contributed by atoms with Crippen LogP contribution in [0.5, 0.6) is 11.5 Å². The number of H-pyrrole nitrogens is 1. The molecule has 0 amide bonds. The van der Waals surface area contributed by atoms with E-state index in [1.54, 1.807) is 20.5 Å². The quantitative estimate of drug-likeness (QED) is 0.868. The number of ether oxygens (including phenoxy) is 2. The second-order valence-electron chi connectivity index (χ2n) is 4.35. The van der Waals surface area contributed by atoms with Gasteiger partial charge in [0.1, 0.15) is 0 Å². The molecule has 0 saturated carbocycles. The number of rotatable bonds is 5. The highest BCUT2D eigenvalue weighted by Gasteiger charge is 2.09. The fourth-order valence-corrected chi connectivity index (χ4v) is 1.92. The zero-order valence-electron chi connectivity index (χ0n) is 11.7. The number of aromatic nitrogens is 2.